The lowest BCUT2D eigenvalue weighted by Crippen LogP contribution is -2.41. The van der Waals surface area contributed by atoms with E-state index < -0.39 is 0 Å². The van der Waals surface area contributed by atoms with Gasteiger partial charge in [-0.2, -0.15) is 4.57 Å². The van der Waals surface area contributed by atoms with E-state index in [9.17, 15) is 0 Å². The maximum Gasteiger partial charge on any atom is 0.180 e. The summed E-state index contributed by atoms with van der Waals surface area (Å²) in [7, 11) is 0. The Bertz CT molecular complexity index is 575. The number of hydrogen-bond acceptors (Lipinski definition) is 1. The highest BCUT2D eigenvalue weighted by Gasteiger charge is 2.17. The van der Waals surface area contributed by atoms with Crippen molar-refractivity contribution in [3.8, 4) is 0 Å². The third kappa shape index (κ3) is 3.26. The smallest absolute Gasteiger partial charge is 0.180 e. The highest BCUT2D eigenvalue weighted by Crippen LogP contribution is 2.20. The second-order valence-corrected chi connectivity index (χ2v) is 6.12. The molecule has 1 aliphatic rings. The maximum atomic E-state index is 2.54. The fraction of sp³-hybridized carbons (Fsp3) is 0.421. The van der Waals surface area contributed by atoms with Crippen molar-refractivity contribution in [3.05, 3.63) is 59.4 Å². The molecule has 0 amide bonds. The number of hydrogen-bond donors (Lipinski definition) is 0. The second-order valence-electron chi connectivity index (χ2n) is 6.12. The lowest BCUT2D eigenvalue weighted by molar-refractivity contribution is -0.700. The Morgan fingerprint density at radius 2 is 1.52 bits per heavy atom. The van der Waals surface area contributed by atoms with Crippen LogP contribution in [0.4, 0.5) is 5.69 Å². The van der Waals surface area contributed by atoms with Crippen LogP contribution in [-0.2, 0) is 6.54 Å². The van der Waals surface area contributed by atoms with Crippen molar-refractivity contribution in [1.29, 1.82) is 0 Å². The van der Waals surface area contributed by atoms with Gasteiger partial charge in [-0.1, -0.05) is 30.3 Å². The SMILES string of the molecule is Cc1cc(N2CCCCC2)cc(C)[n+]1Cc1ccccc1. The zero-order valence-electron chi connectivity index (χ0n) is 13.2. The van der Waals surface area contributed by atoms with E-state index >= 15 is 0 Å². The van der Waals surface area contributed by atoms with Crippen LogP contribution in [0.1, 0.15) is 36.2 Å². The van der Waals surface area contributed by atoms with Gasteiger partial charge >= 0.3 is 0 Å². The first-order valence-corrected chi connectivity index (χ1v) is 8.04. The summed E-state index contributed by atoms with van der Waals surface area (Å²) in [6.07, 6.45) is 4.04. The van der Waals surface area contributed by atoms with Crippen molar-refractivity contribution in [2.45, 2.75) is 39.7 Å². The molecule has 0 N–H and O–H groups in total. The third-order valence-corrected chi connectivity index (χ3v) is 4.47. The van der Waals surface area contributed by atoms with Crippen molar-refractivity contribution in [3.63, 3.8) is 0 Å². The van der Waals surface area contributed by atoms with Gasteiger partial charge < -0.3 is 4.90 Å². The molecule has 1 fully saturated rings. The van der Waals surface area contributed by atoms with Gasteiger partial charge in [-0.25, -0.2) is 0 Å². The molecule has 0 radical (unpaired) electrons. The summed E-state index contributed by atoms with van der Waals surface area (Å²) in [4.78, 5) is 2.54. The van der Waals surface area contributed by atoms with Gasteiger partial charge in [0.25, 0.3) is 0 Å². The van der Waals surface area contributed by atoms with E-state index in [0.717, 1.165) is 6.54 Å². The van der Waals surface area contributed by atoms with E-state index in [-0.39, 0.29) is 0 Å². The Morgan fingerprint density at radius 3 is 2.14 bits per heavy atom. The van der Waals surface area contributed by atoms with E-state index in [1.165, 1.54) is 55.0 Å². The van der Waals surface area contributed by atoms with Crippen LogP contribution >= 0.6 is 0 Å². The number of nitrogens with zero attached hydrogens (tertiary/aromatic N) is 2. The van der Waals surface area contributed by atoms with Gasteiger partial charge in [0.15, 0.2) is 17.9 Å². The van der Waals surface area contributed by atoms with Gasteiger partial charge in [0.1, 0.15) is 0 Å². The maximum absolute atomic E-state index is 2.54. The van der Waals surface area contributed by atoms with Crippen LogP contribution in [-0.4, -0.2) is 13.1 Å². The molecule has 2 nitrogen and oxygen atoms in total. The summed E-state index contributed by atoms with van der Waals surface area (Å²) in [5, 5.41) is 0. The Hall–Kier alpha value is -1.83. The lowest BCUT2D eigenvalue weighted by atomic mass is 10.1. The molecule has 0 aliphatic carbocycles. The average Bonchev–Trinajstić information content (AvgIpc) is 2.52. The zero-order chi connectivity index (χ0) is 14.7. The minimum absolute atomic E-state index is 0.957. The van der Waals surface area contributed by atoms with E-state index in [2.05, 4.69) is 65.8 Å². The highest BCUT2D eigenvalue weighted by atomic mass is 15.1. The van der Waals surface area contributed by atoms with Crippen LogP contribution in [0.5, 0.6) is 0 Å². The van der Waals surface area contributed by atoms with E-state index in [4.69, 9.17) is 0 Å². The van der Waals surface area contributed by atoms with Gasteiger partial charge in [-0.05, 0) is 19.3 Å². The normalized spacial score (nSPS) is 15.2. The third-order valence-electron chi connectivity index (χ3n) is 4.47. The number of piperidine rings is 1. The van der Waals surface area contributed by atoms with Crippen LogP contribution in [0.15, 0.2) is 42.5 Å². The van der Waals surface area contributed by atoms with Crippen LogP contribution < -0.4 is 9.47 Å². The Morgan fingerprint density at radius 1 is 0.905 bits per heavy atom. The predicted molar refractivity (Wildman–Crippen MR) is 87.7 cm³/mol. The first-order chi connectivity index (χ1) is 10.2. The van der Waals surface area contributed by atoms with Crippen LogP contribution in [0.25, 0.3) is 0 Å². The molecule has 0 saturated carbocycles. The van der Waals surface area contributed by atoms with E-state index in [1.54, 1.807) is 0 Å². The van der Waals surface area contributed by atoms with Crippen molar-refractivity contribution in [2.24, 2.45) is 0 Å². The highest BCUT2D eigenvalue weighted by molar-refractivity contribution is 5.47. The summed E-state index contributed by atoms with van der Waals surface area (Å²) in [6.45, 7) is 7.83. The summed E-state index contributed by atoms with van der Waals surface area (Å²) in [5.74, 6) is 0. The molecule has 3 rings (SSSR count). The minimum Gasteiger partial charge on any atom is -0.371 e. The zero-order valence-corrected chi connectivity index (χ0v) is 13.2. The quantitative estimate of drug-likeness (QED) is 0.779. The fourth-order valence-corrected chi connectivity index (χ4v) is 3.25. The van der Waals surface area contributed by atoms with E-state index in [0.29, 0.717) is 0 Å². The van der Waals surface area contributed by atoms with Gasteiger partial charge in [0, 0.05) is 50.3 Å². The molecule has 2 heteroatoms. The molecule has 21 heavy (non-hydrogen) atoms. The van der Waals surface area contributed by atoms with Crippen molar-refractivity contribution in [1.82, 2.24) is 0 Å². The molecular formula is C19H25N2+. The molecule has 0 spiro atoms. The summed E-state index contributed by atoms with van der Waals surface area (Å²) >= 11 is 0. The molecule has 1 aliphatic heterocycles. The largest absolute Gasteiger partial charge is 0.371 e. The standard InChI is InChI=1S/C19H25N2/c1-16-13-19(20-11-7-4-8-12-20)14-17(2)21(16)15-18-9-5-3-6-10-18/h3,5-6,9-10,13-14H,4,7-8,11-12,15H2,1-2H3/q+1. The monoisotopic (exact) mass is 281 g/mol. The molecule has 1 saturated heterocycles. The van der Waals surface area contributed by atoms with Crippen molar-refractivity contribution < 1.29 is 4.57 Å². The molecule has 2 aromatic rings. The number of benzene rings is 1. The van der Waals surface area contributed by atoms with Crippen LogP contribution in [0.3, 0.4) is 0 Å². The van der Waals surface area contributed by atoms with Crippen molar-refractivity contribution >= 4 is 5.69 Å². The first kappa shape index (κ1) is 14.1. The molecule has 1 aromatic heterocycles. The van der Waals surface area contributed by atoms with Crippen molar-refractivity contribution in [2.75, 3.05) is 18.0 Å². The molecule has 110 valence electrons. The number of aromatic nitrogens is 1. The Labute approximate surface area is 128 Å². The minimum atomic E-state index is 0.957. The lowest BCUT2D eigenvalue weighted by Gasteiger charge is -2.28. The molecule has 0 unspecified atom stereocenters. The molecule has 0 bridgehead atoms. The van der Waals surface area contributed by atoms with E-state index in [1.807, 2.05) is 0 Å². The first-order valence-electron chi connectivity index (χ1n) is 8.04. The molecule has 2 heterocycles. The topological polar surface area (TPSA) is 7.12 Å². The van der Waals surface area contributed by atoms with Gasteiger partial charge in [-0.3, -0.25) is 0 Å². The Kier molecular flexibility index (Phi) is 4.23. The Balaban J connectivity index is 1.85. The number of rotatable bonds is 3. The van der Waals surface area contributed by atoms with Gasteiger partial charge in [0.2, 0.25) is 0 Å². The molecule has 0 atom stereocenters. The van der Waals surface area contributed by atoms with Crippen LogP contribution in [0.2, 0.25) is 0 Å². The summed E-state index contributed by atoms with van der Waals surface area (Å²) in [6, 6.07) is 15.4. The average molecular weight is 281 g/mol. The number of aryl methyl sites for hydroxylation is 2. The summed E-state index contributed by atoms with van der Waals surface area (Å²) < 4.78 is 2.41. The number of pyridine rings is 1. The fourth-order valence-electron chi connectivity index (χ4n) is 3.25. The molecular weight excluding hydrogens is 256 g/mol. The second kappa shape index (κ2) is 6.30. The molecule has 1 aromatic carbocycles. The number of anilines is 1. The summed E-state index contributed by atoms with van der Waals surface area (Å²) in [5.41, 5.74) is 5.45. The predicted octanol–water partition coefficient (Wildman–Crippen LogP) is 3.63. The van der Waals surface area contributed by atoms with Gasteiger partial charge in [-0.15, -0.1) is 0 Å². The van der Waals surface area contributed by atoms with Gasteiger partial charge in [0.05, 0.1) is 0 Å². The van der Waals surface area contributed by atoms with Crippen LogP contribution in [0, 0.1) is 13.8 Å².